The Bertz CT molecular complexity index is 574. The molecule has 0 radical (unpaired) electrons. The van der Waals surface area contributed by atoms with Gasteiger partial charge >= 0.3 is 0 Å². The van der Waals surface area contributed by atoms with E-state index in [0.29, 0.717) is 24.7 Å². The number of nitrogens with two attached hydrogens (primary N) is 1. The minimum Gasteiger partial charge on any atom is -0.369 e. The van der Waals surface area contributed by atoms with E-state index in [9.17, 15) is 12.8 Å². The highest BCUT2D eigenvalue weighted by molar-refractivity contribution is 7.90. The van der Waals surface area contributed by atoms with Gasteiger partial charge in [0.15, 0.2) is 9.84 Å². The van der Waals surface area contributed by atoms with Crippen LogP contribution in [0, 0.1) is 11.7 Å². The zero-order valence-electron chi connectivity index (χ0n) is 11.1. The second-order valence-electron chi connectivity index (χ2n) is 5.26. The molecule has 1 fully saturated rings. The monoisotopic (exact) mass is 286 g/mol. The van der Waals surface area contributed by atoms with Crippen molar-refractivity contribution in [3.8, 4) is 0 Å². The van der Waals surface area contributed by atoms with Crippen molar-refractivity contribution in [2.24, 2.45) is 11.7 Å². The first-order valence-electron chi connectivity index (χ1n) is 6.29. The van der Waals surface area contributed by atoms with Gasteiger partial charge in [-0.2, -0.15) is 0 Å². The third-order valence-electron chi connectivity index (χ3n) is 3.66. The quantitative estimate of drug-likeness (QED) is 0.892. The normalized spacial score (nSPS) is 24.5. The first kappa shape index (κ1) is 14.3. The maximum atomic E-state index is 14.1. The van der Waals surface area contributed by atoms with Gasteiger partial charge in [0.2, 0.25) is 0 Å². The molecule has 0 spiro atoms. The molecule has 2 unspecified atom stereocenters. The molecule has 0 aliphatic carbocycles. The van der Waals surface area contributed by atoms with Gasteiger partial charge in [-0.1, -0.05) is 6.92 Å². The average Bonchev–Trinajstić information content (AvgIpc) is 2.31. The molecular weight excluding hydrogens is 267 g/mol. The topological polar surface area (TPSA) is 63.4 Å². The number of benzene rings is 1. The predicted octanol–water partition coefficient (Wildman–Crippen LogP) is 1.40. The Hall–Kier alpha value is -1.14. The van der Waals surface area contributed by atoms with Crippen LogP contribution in [-0.4, -0.2) is 33.8 Å². The molecular formula is C13H19FN2O2S. The molecule has 1 saturated heterocycles. The molecule has 0 saturated carbocycles. The summed E-state index contributed by atoms with van der Waals surface area (Å²) in [6.45, 7) is 3.43. The lowest BCUT2D eigenvalue weighted by molar-refractivity contribution is 0.380. The van der Waals surface area contributed by atoms with E-state index in [1.54, 1.807) is 0 Å². The molecule has 1 aromatic carbocycles. The van der Waals surface area contributed by atoms with Gasteiger partial charge in [0.25, 0.3) is 0 Å². The SMILES string of the molecule is CC1CN(c2ccc(S(C)(=O)=O)cc2F)CCC1N. The molecule has 0 aromatic heterocycles. The molecule has 1 aliphatic heterocycles. The highest BCUT2D eigenvalue weighted by Gasteiger charge is 2.25. The Balaban J connectivity index is 2.27. The Kier molecular flexibility index (Phi) is 3.82. The first-order chi connectivity index (χ1) is 8.79. The molecule has 2 rings (SSSR count). The van der Waals surface area contributed by atoms with Crippen LogP contribution >= 0.6 is 0 Å². The molecule has 1 heterocycles. The summed E-state index contributed by atoms with van der Waals surface area (Å²) in [4.78, 5) is 1.94. The smallest absolute Gasteiger partial charge is 0.175 e. The predicted molar refractivity (Wildman–Crippen MR) is 73.5 cm³/mol. The van der Waals surface area contributed by atoms with E-state index < -0.39 is 15.7 Å². The summed E-state index contributed by atoms with van der Waals surface area (Å²) < 4.78 is 36.8. The zero-order valence-corrected chi connectivity index (χ0v) is 12.0. The zero-order chi connectivity index (χ0) is 14.2. The van der Waals surface area contributed by atoms with Crippen LogP contribution in [0.25, 0.3) is 0 Å². The average molecular weight is 286 g/mol. The van der Waals surface area contributed by atoms with Crippen molar-refractivity contribution in [1.29, 1.82) is 0 Å². The van der Waals surface area contributed by atoms with Gasteiger partial charge in [-0.25, -0.2) is 12.8 Å². The van der Waals surface area contributed by atoms with Gasteiger partial charge in [-0.3, -0.25) is 0 Å². The first-order valence-corrected chi connectivity index (χ1v) is 8.18. The lowest BCUT2D eigenvalue weighted by atomic mass is 9.94. The maximum absolute atomic E-state index is 14.1. The number of anilines is 1. The number of sulfone groups is 1. The van der Waals surface area contributed by atoms with Crippen LogP contribution in [0.1, 0.15) is 13.3 Å². The number of piperidine rings is 1. The van der Waals surface area contributed by atoms with Crippen LogP contribution in [0.3, 0.4) is 0 Å². The third-order valence-corrected chi connectivity index (χ3v) is 4.77. The Labute approximate surface area is 113 Å². The summed E-state index contributed by atoms with van der Waals surface area (Å²) in [6, 6.07) is 4.22. The van der Waals surface area contributed by atoms with Crippen molar-refractivity contribution in [2.45, 2.75) is 24.3 Å². The molecule has 0 amide bonds. The number of rotatable bonds is 2. The summed E-state index contributed by atoms with van der Waals surface area (Å²) in [7, 11) is -3.37. The van der Waals surface area contributed by atoms with Crippen LogP contribution in [-0.2, 0) is 9.84 Å². The van der Waals surface area contributed by atoms with Crippen molar-refractivity contribution in [1.82, 2.24) is 0 Å². The molecule has 2 N–H and O–H groups in total. The van der Waals surface area contributed by atoms with Gasteiger partial charge in [0, 0.05) is 25.4 Å². The number of hydrogen-bond acceptors (Lipinski definition) is 4. The van der Waals surface area contributed by atoms with Crippen LogP contribution in [0.2, 0.25) is 0 Å². The summed E-state index contributed by atoms with van der Waals surface area (Å²) in [5, 5.41) is 0. The number of hydrogen-bond donors (Lipinski definition) is 1. The fraction of sp³-hybridized carbons (Fsp3) is 0.538. The highest BCUT2D eigenvalue weighted by Crippen LogP contribution is 2.27. The third kappa shape index (κ3) is 3.06. The minimum absolute atomic E-state index is 0.00973. The fourth-order valence-electron chi connectivity index (χ4n) is 2.36. The van der Waals surface area contributed by atoms with Crippen LogP contribution in [0.15, 0.2) is 23.1 Å². The second kappa shape index (κ2) is 5.09. The van der Waals surface area contributed by atoms with Crippen LogP contribution < -0.4 is 10.6 Å². The van der Waals surface area contributed by atoms with Gasteiger partial charge < -0.3 is 10.6 Å². The molecule has 6 heteroatoms. The number of nitrogens with zero attached hydrogens (tertiary/aromatic N) is 1. The summed E-state index contributed by atoms with van der Waals surface area (Å²) in [5.41, 5.74) is 6.39. The summed E-state index contributed by atoms with van der Waals surface area (Å²) >= 11 is 0. The molecule has 1 aliphatic rings. The Morgan fingerprint density at radius 2 is 2.11 bits per heavy atom. The summed E-state index contributed by atoms with van der Waals surface area (Å²) in [6.07, 6.45) is 1.89. The molecule has 0 bridgehead atoms. The van der Waals surface area contributed by atoms with Gasteiger partial charge in [0.05, 0.1) is 10.6 Å². The van der Waals surface area contributed by atoms with E-state index in [-0.39, 0.29) is 10.9 Å². The molecule has 2 atom stereocenters. The molecule has 4 nitrogen and oxygen atoms in total. The summed E-state index contributed by atoms with van der Waals surface area (Å²) in [5.74, 6) is -0.201. The lowest BCUT2D eigenvalue weighted by Gasteiger charge is -2.36. The van der Waals surface area contributed by atoms with Crippen molar-refractivity contribution < 1.29 is 12.8 Å². The minimum atomic E-state index is -3.37. The van der Waals surface area contributed by atoms with Gasteiger partial charge in [0.1, 0.15) is 5.82 Å². The van der Waals surface area contributed by atoms with Crippen molar-refractivity contribution in [3.05, 3.63) is 24.0 Å². The van der Waals surface area contributed by atoms with Gasteiger partial charge in [-0.05, 0) is 30.5 Å². The molecule has 1 aromatic rings. The highest BCUT2D eigenvalue weighted by atomic mass is 32.2. The lowest BCUT2D eigenvalue weighted by Crippen LogP contribution is -2.46. The van der Waals surface area contributed by atoms with Crippen molar-refractivity contribution in [3.63, 3.8) is 0 Å². The van der Waals surface area contributed by atoms with Crippen molar-refractivity contribution >= 4 is 15.5 Å². The van der Waals surface area contributed by atoms with E-state index in [4.69, 9.17) is 5.73 Å². The van der Waals surface area contributed by atoms with E-state index in [0.717, 1.165) is 18.7 Å². The van der Waals surface area contributed by atoms with Crippen molar-refractivity contribution in [2.75, 3.05) is 24.2 Å². The van der Waals surface area contributed by atoms with Crippen LogP contribution in [0.4, 0.5) is 10.1 Å². The maximum Gasteiger partial charge on any atom is 0.175 e. The fourth-order valence-corrected chi connectivity index (χ4v) is 2.99. The van der Waals surface area contributed by atoms with E-state index in [1.807, 2.05) is 11.8 Å². The Morgan fingerprint density at radius 3 is 2.63 bits per heavy atom. The standard InChI is InChI=1S/C13H19FN2O2S/c1-9-8-16(6-5-12(9)15)13-4-3-10(7-11(13)14)19(2,17)18/h3-4,7,9,12H,5-6,8,15H2,1-2H3. The molecule has 106 valence electrons. The van der Waals surface area contributed by atoms with Gasteiger partial charge in [-0.15, -0.1) is 0 Å². The largest absolute Gasteiger partial charge is 0.369 e. The van der Waals surface area contributed by atoms with E-state index in [2.05, 4.69) is 0 Å². The van der Waals surface area contributed by atoms with Crippen LogP contribution in [0.5, 0.6) is 0 Å². The van der Waals surface area contributed by atoms with E-state index in [1.165, 1.54) is 12.1 Å². The number of halogens is 1. The second-order valence-corrected chi connectivity index (χ2v) is 7.28. The Morgan fingerprint density at radius 1 is 1.42 bits per heavy atom. The molecule has 19 heavy (non-hydrogen) atoms. The van der Waals surface area contributed by atoms with E-state index >= 15 is 0 Å².